The standard InChI is InChI=1S/C6H13Br.H3P/c1-6(2,3)4-5-7;/h4-5H2,1-3H3;1H3. The molecule has 0 aromatic rings. The Labute approximate surface area is 64.2 Å². The van der Waals surface area contributed by atoms with Gasteiger partial charge in [0.2, 0.25) is 0 Å². The average molecular weight is 199 g/mol. The summed E-state index contributed by atoms with van der Waals surface area (Å²) >= 11 is 3.39. The number of rotatable bonds is 1. The molecule has 0 aromatic carbocycles. The third kappa shape index (κ3) is 10.0. The van der Waals surface area contributed by atoms with Crippen molar-refractivity contribution in [3.8, 4) is 0 Å². The van der Waals surface area contributed by atoms with Crippen LogP contribution in [0.2, 0.25) is 0 Å². The van der Waals surface area contributed by atoms with Gasteiger partial charge in [-0.05, 0) is 11.8 Å². The summed E-state index contributed by atoms with van der Waals surface area (Å²) in [7, 11) is 0. The highest BCUT2D eigenvalue weighted by Gasteiger charge is 2.06. The van der Waals surface area contributed by atoms with E-state index in [4.69, 9.17) is 0 Å². The Morgan fingerprint density at radius 2 is 1.62 bits per heavy atom. The van der Waals surface area contributed by atoms with Crippen molar-refractivity contribution in [3.05, 3.63) is 0 Å². The van der Waals surface area contributed by atoms with E-state index in [0.29, 0.717) is 5.41 Å². The van der Waals surface area contributed by atoms with Gasteiger partial charge >= 0.3 is 0 Å². The van der Waals surface area contributed by atoms with Crippen molar-refractivity contribution in [3.63, 3.8) is 0 Å². The topological polar surface area (TPSA) is 0 Å². The third-order valence-corrected chi connectivity index (χ3v) is 1.24. The number of hydrogen-bond acceptors (Lipinski definition) is 0. The maximum Gasteiger partial charge on any atom is 0.00362 e. The molecule has 0 radical (unpaired) electrons. The lowest BCUT2D eigenvalue weighted by Gasteiger charge is -2.14. The molecular weight excluding hydrogens is 183 g/mol. The molecule has 0 bridgehead atoms. The van der Waals surface area contributed by atoms with E-state index in [9.17, 15) is 0 Å². The molecule has 52 valence electrons. The summed E-state index contributed by atoms with van der Waals surface area (Å²) in [5.41, 5.74) is 0.503. The first kappa shape index (κ1) is 11.7. The van der Waals surface area contributed by atoms with Crippen LogP contribution >= 0.6 is 25.8 Å². The molecule has 0 amide bonds. The van der Waals surface area contributed by atoms with Crippen molar-refractivity contribution in [1.29, 1.82) is 0 Å². The van der Waals surface area contributed by atoms with E-state index in [2.05, 4.69) is 36.7 Å². The van der Waals surface area contributed by atoms with E-state index in [1.807, 2.05) is 0 Å². The first-order chi connectivity index (χ1) is 3.06. The van der Waals surface area contributed by atoms with E-state index < -0.39 is 0 Å². The Hall–Kier alpha value is 0.910. The molecule has 0 N–H and O–H groups in total. The van der Waals surface area contributed by atoms with Crippen LogP contribution in [-0.4, -0.2) is 5.33 Å². The molecule has 0 fully saturated rings. The monoisotopic (exact) mass is 198 g/mol. The van der Waals surface area contributed by atoms with Crippen molar-refractivity contribution < 1.29 is 0 Å². The van der Waals surface area contributed by atoms with Crippen LogP contribution < -0.4 is 0 Å². The molecule has 0 heterocycles. The molecule has 0 aliphatic carbocycles. The van der Waals surface area contributed by atoms with Gasteiger partial charge in [0, 0.05) is 5.33 Å². The molecule has 0 spiro atoms. The maximum atomic E-state index is 3.39. The summed E-state index contributed by atoms with van der Waals surface area (Å²) in [5.74, 6) is 0. The second-order valence-corrected chi connectivity index (χ2v) is 3.79. The van der Waals surface area contributed by atoms with E-state index in [1.165, 1.54) is 6.42 Å². The lowest BCUT2D eigenvalue weighted by molar-refractivity contribution is 0.403. The molecular formula is C6H16BrP. The SMILES string of the molecule is CC(C)(C)CCBr.P. The summed E-state index contributed by atoms with van der Waals surface area (Å²) < 4.78 is 0. The van der Waals surface area contributed by atoms with Gasteiger partial charge in [0.05, 0.1) is 0 Å². The highest BCUT2D eigenvalue weighted by molar-refractivity contribution is 9.09. The van der Waals surface area contributed by atoms with Crippen LogP contribution in [0, 0.1) is 5.41 Å². The molecule has 2 heteroatoms. The number of alkyl halides is 1. The van der Waals surface area contributed by atoms with Gasteiger partial charge in [-0.2, -0.15) is 9.90 Å². The molecule has 0 aromatic heterocycles. The van der Waals surface area contributed by atoms with E-state index in [1.54, 1.807) is 0 Å². The first-order valence-electron chi connectivity index (χ1n) is 2.62. The Morgan fingerprint density at radius 3 is 1.62 bits per heavy atom. The number of hydrogen-bond donors (Lipinski definition) is 0. The molecule has 1 unspecified atom stereocenters. The van der Waals surface area contributed by atoms with Crippen LogP contribution in [0.15, 0.2) is 0 Å². The van der Waals surface area contributed by atoms with E-state index >= 15 is 0 Å². The molecule has 0 saturated carbocycles. The smallest absolute Gasteiger partial charge is 0.00362 e. The van der Waals surface area contributed by atoms with E-state index in [0.717, 1.165) is 5.33 Å². The van der Waals surface area contributed by atoms with E-state index in [-0.39, 0.29) is 9.90 Å². The third-order valence-electron chi connectivity index (χ3n) is 0.844. The highest BCUT2D eigenvalue weighted by atomic mass is 79.9. The lowest BCUT2D eigenvalue weighted by atomic mass is 9.94. The van der Waals surface area contributed by atoms with Crippen LogP contribution in [0.4, 0.5) is 0 Å². The Balaban J connectivity index is 0. The molecule has 0 nitrogen and oxygen atoms in total. The summed E-state index contributed by atoms with van der Waals surface area (Å²) in [4.78, 5) is 0. The van der Waals surface area contributed by atoms with Gasteiger partial charge in [-0.1, -0.05) is 36.7 Å². The molecule has 0 rings (SSSR count). The van der Waals surface area contributed by atoms with Crippen LogP contribution in [0.5, 0.6) is 0 Å². The zero-order chi connectivity index (χ0) is 5.91. The van der Waals surface area contributed by atoms with Crippen LogP contribution in [0.1, 0.15) is 27.2 Å². The highest BCUT2D eigenvalue weighted by Crippen LogP contribution is 2.18. The van der Waals surface area contributed by atoms with Gasteiger partial charge in [0.25, 0.3) is 0 Å². The largest absolute Gasteiger partial charge is 0.153 e. The predicted molar refractivity (Wildman–Crippen MR) is 49.0 cm³/mol. The van der Waals surface area contributed by atoms with Gasteiger partial charge in [0.1, 0.15) is 0 Å². The van der Waals surface area contributed by atoms with Gasteiger partial charge in [0.15, 0.2) is 0 Å². The summed E-state index contributed by atoms with van der Waals surface area (Å²) in [5, 5.41) is 1.12. The summed E-state index contributed by atoms with van der Waals surface area (Å²) in [6.45, 7) is 6.73. The minimum Gasteiger partial charge on any atom is -0.153 e. The summed E-state index contributed by atoms with van der Waals surface area (Å²) in [6.07, 6.45) is 1.26. The van der Waals surface area contributed by atoms with Gasteiger partial charge in [-0.25, -0.2) is 0 Å². The summed E-state index contributed by atoms with van der Waals surface area (Å²) in [6, 6.07) is 0. The molecule has 8 heavy (non-hydrogen) atoms. The van der Waals surface area contributed by atoms with Gasteiger partial charge in [-0.15, -0.1) is 0 Å². The fourth-order valence-corrected chi connectivity index (χ4v) is 1.47. The Kier molecular flexibility index (Phi) is 6.94. The Morgan fingerprint density at radius 1 is 1.25 bits per heavy atom. The molecule has 1 atom stereocenters. The minimum atomic E-state index is 0. The van der Waals surface area contributed by atoms with Crippen molar-refractivity contribution >= 4 is 25.8 Å². The normalized spacial score (nSPS) is 10.5. The van der Waals surface area contributed by atoms with Crippen LogP contribution in [-0.2, 0) is 0 Å². The van der Waals surface area contributed by atoms with Crippen molar-refractivity contribution in [2.75, 3.05) is 5.33 Å². The second kappa shape index (κ2) is 4.76. The van der Waals surface area contributed by atoms with Crippen molar-refractivity contribution in [1.82, 2.24) is 0 Å². The lowest BCUT2D eigenvalue weighted by Crippen LogP contribution is -2.04. The van der Waals surface area contributed by atoms with Crippen molar-refractivity contribution in [2.45, 2.75) is 27.2 Å². The van der Waals surface area contributed by atoms with Gasteiger partial charge < -0.3 is 0 Å². The van der Waals surface area contributed by atoms with Crippen molar-refractivity contribution in [2.24, 2.45) is 5.41 Å². The zero-order valence-corrected chi connectivity index (χ0v) is 9.00. The second-order valence-electron chi connectivity index (χ2n) is 3.00. The molecule has 0 aliphatic rings. The minimum absolute atomic E-state index is 0. The zero-order valence-electron chi connectivity index (χ0n) is 6.00. The fourth-order valence-electron chi connectivity index (χ4n) is 0.283. The maximum absolute atomic E-state index is 3.39. The number of halogens is 1. The van der Waals surface area contributed by atoms with Crippen LogP contribution in [0.25, 0.3) is 0 Å². The fraction of sp³-hybridized carbons (Fsp3) is 1.00. The quantitative estimate of drug-likeness (QED) is 0.450. The first-order valence-corrected chi connectivity index (χ1v) is 3.74. The van der Waals surface area contributed by atoms with Crippen LogP contribution in [0.3, 0.4) is 0 Å². The molecule has 0 saturated heterocycles. The van der Waals surface area contributed by atoms with Gasteiger partial charge in [-0.3, -0.25) is 0 Å². The Bertz CT molecular complexity index is 47.0. The molecule has 0 aliphatic heterocycles. The average Bonchev–Trinajstić information content (AvgIpc) is 1.30. The predicted octanol–water partition coefficient (Wildman–Crippen LogP) is 2.88.